The summed E-state index contributed by atoms with van der Waals surface area (Å²) in [4.78, 5) is 7.71. The standard InChI is InChI=1S/C11H20N2OS/c1-9-7-12-10(15-9)5-6-13(4)8-11(2,3)14/h7,14H,5-6,8H2,1-4H3. The molecular weight excluding hydrogens is 208 g/mol. The molecule has 0 saturated carbocycles. The van der Waals surface area contributed by atoms with Gasteiger partial charge in [-0.3, -0.25) is 0 Å². The summed E-state index contributed by atoms with van der Waals surface area (Å²) in [5.41, 5.74) is -0.618. The van der Waals surface area contributed by atoms with Gasteiger partial charge in [0.1, 0.15) is 0 Å². The van der Waals surface area contributed by atoms with Gasteiger partial charge in [-0.25, -0.2) is 4.98 Å². The van der Waals surface area contributed by atoms with E-state index in [1.54, 1.807) is 11.3 Å². The second-order valence-electron chi connectivity index (χ2n) is 4.66. The number of likely N-dealkylation sites (N-methyl/N-ethyl adjacent to an activating group) is 1. The third kappa shape index (κ3) is 5.25. The first-order valence-corrected chi connectivity index (χ1v) is 6.01. The molecule has 86 valence electrons. The van der Waals surface area contributed by atoms with Gasteiger partial charge in [0.15, 0.2) is 0 Å². The summed E-state index contributed by atoms with van der Waals surface area (Å²) in [6.45, 7) is 7.37. The van der Waals surface area contributed by atoms with Gasteiger partial charge in [-0.15, -0.1) is 11.3 Å². The number of hydrogen-bond donors (Lipinski definition) is 1. The van der Waals surface area contributed by atoms with Gasteiger partial charge in [-0.2, -0.15) is 0 Å². The quantitative estimate of drug-likeness (QED) is 0.833. The summed E-state index contributed by atoms with van der Waals surface area (Å²) in [6, 6.07) is 0. The number of aliphatic hydroxyl groups is 1. The summed E-state index contributed by atoms with van der Waals surface area (Å²) in [6.07, 6.45) is 2.88. The van der Waals surface area contributed by atoms with Crippen molar-refractivity contribution in [3.8, 4) is 0 Å². The van der Waals surface area contributed by atoms with E-state index in [4.69, 9.17) is 0 Å². The molecule has 1 N–H and O–H groups in total. The summed E-state index contributed by atoms with van der Waals surface area (Å²) in [5, 5.41) is 10.8. The molecule has 1 aromatic rings. The van der Waals surface area contributed by atoms with Gasteiger partial charge in [0.2, 0.25) is 0 Å². The van der Waals surface area contributed by atoms with E-state index >= 15 is 0 Å². The minimum absolute atomic E-state index is 0.618. The van der Waals surface area contributed by atoms with E-state index in [9.17, 15) is 5.11 Å². The van der Waals surface area contributed by atoms with Crippen LogP contribution in [0, 0.1) is 6.92 Å². The number of aromatic nitrogens is 1. The zero-order valence-electron chi connectivity index (χ0n) is 9.95. The molecule has 0 aromatic carbocycles. The number of nitrogens with zero attached hydrogens (tertiary/aromatic N) is 2. The van der Waals surface area contributed by atoms with Crippen LogP contribution in [0.25, 0.3) is 0 Å². The molecule has 3 nitrogen and oxygen atoms in total. The zero-order chi connectivity index (χ0) is 11.5. The van der Waals surface area contributed by atoms with Gasteiger partial charge in [0.05, 0.1) is 10.6 Å². The number of aryl methyl sites for hydroxylation is 1. The molecule has 4 heteroatoms. The molecule has 0 aliphatic rings. The van der Waals surface area contributed by atoms with Gasteiger partial charge in [-0.1, -0.05) is 0 Å². The number of rotatable bonds is 5. The maximum Gasteiger partial charge on any atom is 0.0940 e. The fourth-order valence-electron chi connectivity index (χ4n) is 1.54. The molecular formula is C11H20N2OS. The first-order valence-electron chi connectivity index (χ1n) is 5.19. The highest BCUT2D eigenvalue weighted by Crippen LogP contribution is 2.12. The monoisotopic (exact) mass is 228 g/mol. The highest BCUT2D eigenvalue weighted by Gasteiger charge is 2.15. The van der Waals surface area contributed by atoms with Crippen LogP contribution in [0.4, 0.5) is 0 Å². The van der Waals surface area contributed by atoms with Gasteiger partial charge < -0.3 is 10.0 Å². The van der Waals surface area contributed by atoms with Crippen LogP contribution in [0.15, 0.2) is 6.20 Å². The molecule has 15 heavy (non-hydrogen) atoms. The first kappa shape index (κ1) is 12.6. The lowest BCUT2D eigenvalue weighted by molar-refractivity contribution is 0.0450. The summed E-state index contributed by atoms with van der Waals surface area (Å²) < 4.78 is 0. The van der Waals surface area contributed by atoms with Crippen LogP contribution in [-0.4, -0.2) is 40.7 Å². The van der Waals surface area contributed by atoms with Crippen molar-refractivity contribution in [1.29, 1.82) is 0 Å². The van der Waals surface area contributed by atoms with Crippen LogP contribution in [-0.2, 0) is 6.42 Å². The third-order valence-corrected chi connectivity index (χ3v) is 3.01. The molecule has 0 aliphatic carbocycles. The van der Waals surface area contributed by atoms with Gasteiger partial charge in [0.25, 0.3) is 0 Å². The van der Waals surface area contributed by atoms with Crippen molar-refractivity contribution in [2.75, 3.05) is 20.1 Å². The Morgan fingerprint density at radius 2 is 2.20 bits per heavy atom. The normalized spacial score (nSPS) is 12.4. The molecule has 0 bridgehead atoms. The second kappa shape index (κ2) is 5.05. The second-order valence-corrected chi connectivity index (χ2v) is 5.98. The lowest BCUT2D eigenvalue weighted by atomic mass is 10.1. The van der Waals surface area contributed by atoms with Crippen LogP contribution in [0.2, 0.25) is 0 Å². The molecule has 1 aromatic heterocycles. The smallest absolute Gasteiger partial charge is 0.0940 e. The largest absolute Gasteiger partial charge is 0.389 e. The van der Waals surface area contributed by atoms with Crippen LogP contribution < -0.4 is 0 Å². The molecule has 0 spiro atoms. The Labute approximate surface area is 95.8 Å². The van der Waals surface area contributed by atoms with Crippen molar-refractivity contribution in [3.05, 3.63) is 16.1 Å². The Hall–Kier alpha value is -0.450. The van der Waals surface area contributed by atoms with Crippen LogP contribution in [0.3, 0.4) is 0 Å². The molecule has 0 atom stereocenters. The minimum Gasteiger partial charge on any atom is -0.389 e. The molecule has 0 fully saturated rings. The van der Waals surface area contributed by atoms with Crippen molar-refractivity contribution in [3.63, 3.8) is 0 Å². The van der Waals surface area contributed by atoms with E-state index in [-0.39, 0.29) is 0 Å². The maximum absolute atomic E-state index is 9.63. The van der Waals surface area contributed by atoms with E-state index in [0.29, 0.717) is 6.54 Å². The van der Waals surface area contributed by atoms with Crippen LogP contribution in [0.1, 0.15) is 23.7 Å². The Balaban J connectivity index is 2.31. The van der Waals surface area contributed by atoms with Crippen molar-refractivity contribution in [2.45, 2.75) is 32.8 Å². The van der Waals surface area contributed by atoms with Crippen LogP contribution >= 0.6 is 11.3 Å². The summed E-state index contributed by atoms with van der Waals surface area (Å²) >= 11 is 1.75. The van der Waals surface area contributed by atoms with Gasteiger partial charge in [0, 0.05) is 30.6 Å². The van der Waals surface area contributed by atoms with E-state index in [2.05, 4.69) is 16.8 Å². The van der Waals surface area contributed by atoms with Crippen molar-refractivity contribution in [1.82, 2.24) is 9.88 Å². The number of thiazole rings is 1. The van der Waals surface area contributed by atoms with Crippen LogP contribution in [0.5, 0.6) is 0 Å². The lowest BCUT2D eigenvalue weighted by Gasteiger charge is -2.24. The summed E-state index contributed by atoms with van der Waals surface area (Å²) in [7, 11) is 2.03. The highest BCUT2D eigenvalue weighted by molar-refractivity contribution is 7.11. The zero-order valence-corrected chi connectivity index (χ0v) is 10.8. The van der Waals surface area contributed by atoms with E-state index in [1.165, 1.54) is 9.88 Å². The average molecular weight is 228 g/mol. The van der Waals surface area contributed by atoms with Crippen molar-refractivity contribution >= 4 is 11.3 Å². The van der Waals surface area contributed by atoms with E-state index < -0.39 is 5.60 Å². The minimum atomic E-state index is -0.618. The number of hydrogen-bond acceptors (Lipinski definition) is 4. The fourth-order valence-corrected chi connectivity index (χ4v) is 2.32. The predicted molar refractivity (Wildman–Crippen MR) is 64.3 cm³/mol. The maximum atomic E-state index is 9.63. The average Bonchev–Trinajstić information content (AvgIpc) is 2.45. The van der Waals surface area contributed by atoms with Crippen molar-refractivity contribution < 1.29 is 5.11 Å². The lowest BCUT2D eigenvalue weighted by Crippen LogP contribution is -2.37. The topological polar surface area (TPSA) is 36.4 Å². The molecule has 0 amide bonds. The molecule has 0 unspecified atom stereocenters. The SMILES string of the molecule is Cc1cnc(CCN(C)CC(C)(C)O)s1. The van der Waals surface area contributed by atoms with Gasteiger partial charge in [-0.05, 0) is 27.8 Å². The molecule has 0 aliphatic heterocycles. The Morgan fingerprint density at radius 3 is 2.67 bits per heavy atom. The first-order chi connectivity index (χ1) is 6.87. The molecule has 0 saturated heterocycles. The molecule has 0 radical (unpaired) electrons. The molecule has 1 rings (SSSR count). The van der Waals surface area contributed by atoms with E-state index in [0.717, 1.165) is 13.0 Å². The van der Waals surface area contributed by atoms with Crippen molar-refractivity contribution in [2.24, 2.45) is 0 Å². The summed E-state index contributed by atoms with van der Waals surface area (Å²) in [5.74, 6) is 0. The fraction of sp³-hybridized carbons (Fsp3) is 0.727. The van der Waals surface area contributed by atoms with Gasteiger partial charge >= 0.3 is 0 Å². The third-order valence-electron chi connectivity index (χ3n) is 2.03. The Kier molecular flexibility index (Phi) is 4.25. The Morgan fingerprint density at radius 1 is 1.53 bits per heavy atom. The Bertz CT molecular complexity index is 304. The van der Waals surface area contributed by atoms with E-state index in [1.807, 2.05) is 27.1 Å². The highest BCUT2D eigenvalue weighted by atomic mass is 32.1. The molecule has 1 heterocycles. The predicted octanol–water partition coefficient (Wildman–Crippen LogP) is 1.70.